The van der Waals surface area contributed by atoms with Gasteiger partial charge in [-0.2, -0.15) is 0 Å². The van der Waals surface area contributed by atoms with Crippen molar-refractivity contribution >= 4 is 11.8 Å². The van der Waals surface area contributed by atoms with E-state index in [0.717, 1.165) is 17.7 Å². The summed E-state index contributed by atoms with van der Waals surface area (Å²) >= 11 is 0. The molecule has 0 radical (unpaired) electrons. The van der Waals surface area contributed by atoms with Crippen molar-refractivity contribution in [2.24, 2.45) is 0 Å². The Labute approximate surface area is 77.9 Å². The Morgan fingerprint density at radius 1 is 1.62 bits per heavy atom. The molecule has 1 heterocycles. The summed E-state index contributed by atoms with van der Waals surface area (Å²) in [5.41, 5.74) is 3.56. The van der Waals surface area contributed by atoms with Crippen molar-refractivity contribution in [1.29, 1.82) is 0 Å². The van der Waals surface area contributed by atoms with Gasteiger partial charge in [-0.3, -0.25) is 0 Å². The Balaban J connectivity index is 2.30. The molecule has 0 unspecified atom stereocenters. The highest BCUT2D eigenvalue weighted by Crippen LogP contribution is 2.26. The number of hydrogen-bond donors (Lipinski definition) is 2. The Kier molecular flexibility index (Phi) is 2.07. The third-order valence-corrected chi connectivity index (χ3v) is 2.41. The van der Waals surface area contributed by atoms with Gasteiger partial charge in [0.2, 0.25) is 0 Å². The molecule has 2 heteroatoms. The summed E-state index contributed by atoms with van der Waals surface area (Å²) in [4.78, 5) is 0. The van der Waals surface area contributed by atoms with Gasteiger partial charge in [0.05, 0.1) is 12.6 Å². The molecule has 0 saturated carbocycles. The van der Waals surface area contributed by atoms with Crippen LogP contribution in [-0.4, -0.2) is 17.8 Å². The highest BCUT2D eigenvalue weighted by molar-refractivity contribution is 5.62. The summed E-state index contributed by atoms with van der Waals surface area (Å²) in [5.74, 6) is 0. The zero-order chi connectivity index (χ0) is 9.26. The minimum atomic E-state index is 0.190. The number of nitrogens with one attached hydrogen (secondary N) is 1. The van der Waals surface area contributed by atoms with E-state index in [2.05, 4.69) is 18.0 Å². The summed E-state index contributed by atoms with van der Waals surface area (Å²) in [6, 6.07) is 6.38. The van der Waals surface area contributed by atoms with Crippen LogP contribution in [0.5, 0.6) is 0 Å². The van der Waals surface area contributed by atoms with Crippen molar-refractivity contribution < 1.29 is 5.11 Å². The van der Waals surface area contributed by atoms with E-state index in [-0.39, 0.29) is 12.6 Å². The van der Waals surface area contributed by atoms with Gasteiger partial charge < -0.3 is 10.4 Å². The topological polar surface area (TPSA) is 32.3 Å². The van der Waals surface area contributed by atoms with Crippen LogP contribution in [0.4, 0.5) is 5.69 Å². The molecule has 0 spiro atoms. The second kappa shape index (κ2) is 3.23. The van der Waals surface area contributed by atoms with E-state index in [1.165, 1.54) is 5.56 Å². The van der Waals surface area contributed by atoms with E-state index in [1.807, 2.05) is 18.2 Å². The standard InChI is InChI=1S/C11H13NO/c1-2-8-3-4-11-9(5-8)6-10(7-13)12-11/h2-5,10,12-13H,1,6-7H2/t10-/m0/s1. The molecule has 0 fully saturated rings. The van der Waals surface area contributed by atoms with Crippen LogP contribution in [0.3, 0.4) is 0 Å². The molecule has 1 aliphatic rings. The van der Waals surface area contributed by atoms with Crippen molar-refractivity contribution in [1.82, 2.24) is 0 Å². The lowest BCUT2D eigenvalue weighted by atomic mass is 10.1. The summed E-state index contributed by atoms with van der Waals surface area (Å²) < 4.78 is 0. The van der Waals surface area contributed by atoms with Gasteiger partial charge in [0.15, 0.2) is 0 Å². The van der Waals surface area contributed by atoms with Crippen molar-refractivity contribution in [2.45, 2.75) is 12.5 Å². The Bertz CT molecular complexity index is 333. The molecular weight excluding hydrogens is 162 g/mol. The van der Waals surface area contributed by atoms with Crippen LogP contribution in [0.2, 0.25) is 0 Å². The van der Waals surface area contributed by atoms with Crippen LogP contribution >= 0.6 is 0 Å². The molecule has 0 aliphatic carbocycles. The van der Waals surface area contributed by atoms with Gasteiger partial charge in [-0.05, 0) is 29.7 Å². The lowest BCUT2D eigenvalue weighted by Gasteiger charge is -2.05. The van der Waals surface area contributed by atoms with Crippen LogP contribution in [0.15, 0.2) is 24.8 Å². The molecule has 0 aromatic heterocycles. The molecule has 2 nitrogen and oxygen atoms in total. The second-order valence-electron chi connectivity index (χ2n) is 3.35. The minimum absolute atomic E-state index is 0.190. The highest BCUT2D eigenvalue weighted by Gasteiger charge is 2.18. The van der Waals surface area contributed by atoms with Crippen molar-refractivity contribution in [3.63, 3.8) is 0 Å². The molecule has 13 heavy (non-hydrogen) atoms. The number of rotatable bonds is 2. The van der Waals surface area contributed by atoms with Gasteiger partial charge in [-0.1, -0.05) is 18.7 Å². The Morgan fingerprint density at radius 2 is 2.46 bits per heavy atom. The van der Waals surface area contributed by atoms with E-state index >= 15 is 0 Å². The fourth-order valence-electron chi connectivity index (χ4n) is 1.70. The van der Waals surface area contributed by atoms with Gasteiger partial charge in [0, 0.05) is 5.69 Å². The highest BCUT2D eigenvalue weighted by atomic mass is 16.3. The number of aliphatic hydroxyl groups excluding tert-OH is 1. The lowest BCUT2D eigenvalue weighted by molar-refractivity contribution is 0.277. The second-order valence-corrected chi connectivity index (χ2v) is 3.35. The first-order valence-corrected chi connectivity index (χ1v) is 4.46. The molecule has 1 aromatic carbocycles. The van der Waals surface area contributed by atoms with E-state index in [4.69, 9.17) is 5.11 Å². The number of anilines is 1. The first-order valence-electron chi connectivity index (χ1n) is 4.46. The van der Waals surface area contributed by atoms with Crippen molar-refractivity contribution in [3.8, 4) is 0 Å². The predicted molar refractivity (Wildman–Crippen MR) is 54.7 cm³/mol. The summed E-state index contributed by atoms with van der Waals surface area (Å²) in [6.45, 7) is 3.92. The number of hydrogen-bond acceptors (Lipinski definition) is 2. The lowest BCUT2D eigenvalue weighted by Crippen LogP contribution is -2.19. The summed E-state index contributed by atoms with van der Waals surface area (Å²) in [7, 11) is 0. The molecule has 0 bridgehead atoms. The zero-order valence-corrected chi connectivity index (χ0v) is 7.46. The third-order valence-electron chi connectivity index (χ3n) is 2.41. The van der Waals surface area contributed by atoms with Crippen LogP contribution in [-0.2, 0) is 6.42 Å². The largest absolute Gasteiger partial charge is 0.394 e. The van der Waals surface area contributed by atoms with Gasteiger partial charge in [0.25, 0.3) is 0 Å². The fraction of sp³-hybridized carbons (Fsp3) is 0.273. The number of benzene rings is 1. The van der Waals surface area contributed by atoms with E-state index in [0.29, 0.717) is 0 Å². The molecule has 68 valence electrons. The maximum atomic E-state index is 8.98. The molecule has 1 atom stereocenters. The average molecular weight is 175 g/mol. The number of fused-ring (bicyclic) bond motifs is 1. The SMILES string of the molecule is C=Cc1ccc2c(c1)C[C@@H](CO)N2. The maximum absolute atomic E-state index is 8.98. The molecule has 0 saturated heterocycles. The van der Waals surface area contributed by atoms with Gasteiger partial charge in [-0.25, -0.2) is 0 Å². The first kappa shape index (κ1) is 8.32. The van der Waals surface area contributed by atoms with E-state index in [1.54, 1.807) is 0 Å². The van der Waals surface area contributed by atoms with Crippen LogP contribution in [0.25, 0.3) is 6.08 Å². The predicted octanol–water partition coefficient (Wildman–Crippen LogP) is 1.66. The zero-order valence-electron chi connectivity index (χ0n) is 7.46. The molecule has 0 amide bonds. The molecule has 2 N–H and O–H groups in total. The van der Waals surface area contributed by atoms with Crippen LogP contribution < -0.4 is 5.32 Å². The molecule has 1 aliphatic heterocycles. The quantitative estimate of drug-likeness (QED) is 0.716. The fourth-order valence-corrected chi connectivity index (χ4v) is 1.70. The van der Waals surface area contributed by atoms with Crippen molar-refractivity contribution in [3.05, 3.63) is 35.9 Å². The normalized spacial score (nSPS) is 19.3. The van der Waals surface area contributed by atoms with Crippen LogP contribution in [0, 0.1) is 0 Å². The average Bonchev–Trinajstić information content (AvgIpc) is 2.58. The smallest absolute Gasteiger partial charge is 0.0636 e. The minimum Gasteiger partial charge on any atom is -0.394 e. The van der Waals surface area contributed by atoms with E-state index < -0.39 is 0 Å². The number of aliphatic hydroxyl groups is 1. The van der Waals surface area contributed by atoms with Crippen LogP contribution in [0.1, 0.15) is 11.1 Å². The Morgan fingerprint density at radius 3 is 3.15 bits per heavy atom. The molecule has 2 rings (SSSR count). The van der Waals surface area contributed by atoms with Gasteiger partial charge >= 0.3 is 0 Å². The first-order chi connectivity index (χ1) is 6.33. The van der Waals surface area contributed by atoms with Gasteiger partial charge in [0.1, 0.15) is 0 Å². The monoisotopic (exact) mass is 175 g/mol. The maximum Gasteiger partial charge on any atom is 0.0636 e. The molecular formula is C11H13NO. The van der Waals surface area contributed by atoms with Gasteiger partial charge in [-0.15, -0.1) is 0 Å². The van der Waals surface area contributed by atoms with Crippen molar-refractivity contribution in [2.75, 3.05) is 11.9 Å². The Hall–Kier alpha value is -1.28. The van der Waals surface area contributed by atoms with E-state index in [9.17, 15) is 0 Å². The summed E-state index contributed by atoms with van der Waals surface area (Å²) in [6.07, 6.45) is 2.75. The summed E-state index contributed by atoms with van der Waals surface area (Å²) in [5, 5.41) is 12.2. The third kappa shape index (κ3) is 1.45. The molecule has 1 aromatic rings.